The maximum atomic E-state index is 11.6. The Balaban J connectivity index is 4.27. The highest BCUT2D eigenvalue weighted by Crippen LogP contribution is 2.07. The fraction of sp³-hybridized carbons (Fsp3) is 0.833. The molecule has 0 bridgehead atoms. The first-order chi connectivity index (χ1) is 8.80. The van der Waals surface area contributed by atoms with Gasteiger partial charge in [0.05, 0.1) is 20.3 Å². The standard InChI is InChI=1S/C12H24N2O5/c1-12(2,3)19-11(16)14-9(10(15)17-5)8-18-7-6-13-4/h9,13H,6-8H2,1-5H3,(H,14,16)/t9-/m0/s1. The molecule has 0 aromatic rings. The Bertz CT molecular complexity index is 288. The van der Waals surface area contributed by atoms with Crippen LogP contribution in [0.1, 0.15) is 20.8 Å². The number of ether oxygens (including phenoxy) is 3. The van der Waals surface area contributed by atoms with Gasteiger partial charge in [-0.2, -0.15) is 0 Å². The van der Waals surface area contributed by atoms with Crippen LogP contribution in [0.25, 0.3) is 0 Å². The molecule has 0 aliphatic rings. The van der Waals surface area contributed by atoms with Crippen LogP contribution >= 0.6 is 0 Å². The first-order valence-electron chi connectivity index (χ1n) is 6.10. The number of hydrogen-bond acceptors (Lipinski definition) is 6. The van der Waals surface area contributed by atoms with Crippen molar-refractivity contribution in [2.75, 3.05) is 33.9 Å². The van der Waals surface area contributed by atoms with Gasteiger partial charge in [0.15, 0.2) is 6.04 Å². The Hall–Kier alpha value is -1.34. The summed E-state index contributed by atoms with van der Waals surface area (Å²) >= 11 is 0. The van der Waals surface area contributed by atoms with Gasteiger partial charge in [-0.25, -0.2) is 9.59 Å². The monoisotopic (exact) mass is 276 g/mol. The summed E-state index contributed by atoms with van der Waals surface area (Å²) in [5.41, 5.74) is -0.627. The highest BCUT2D eigenvalue weighted by Gasteiger charge is 2.25. The molecule has 0 radical (unpaired) electrons. The third kappa shape index (κ3) is 9.26. The zero-order valence-electron chi connectivity index (χ0n) is 12.2. The van der Waals surface area contributed by atoms with E-state index in [0.717, 1.165) is 0 Å². The predicted molar refractivity (Wildman–Crippen MR) is 69.9 cm³/mol. The summed E-state index contributed by atoms with van der Waals surface area (Å²) in [4.78, 5) is 23.1. The third-order valence-electron chi connectivity index (χ3n) is 1.96. The van der Waals surface area contributed by atoms with Gasteiger partial charge in [-0.15, -0.1) is 0 Å². The molecule has 0 aliphatic carbocycles. The predicted octanol–water partition coefficient (Wildman–Crippen LogP) is 0.289. The lowest BCUT2D eigenvalue weighted by Crippen LogP contribution is -2.46. The van der Waals surface area contributed by atoms with E-state index in [9.17, 15) is 9.59 Å². The van der Waals surface area contributed by atoms with Gasteiger partial charge in [0.2, 0.25) is 0 Å². The number of nitrogens with one attached hydrogen (secondary N) is 2. The number of carbonyl (C=O) groups excluding carboxylic acids is 2. The second-order valence-corrected chi connectivity index (χ2v) is 4.90. The minimum Gasteiger partial charge on any atom is -0.467 e. The number of likely N-dealkylation sites (N-methyl/N-ethyl adjacent to an activating group) is 1. The quantitative estimate of drug-likeness (QED) is 0.513. The molecule has 0 aliphatic heterocycles. The van der Waals surface area contributed by atoms with Crippen LogP contribution in [0.4, 0.5) is 4.79 Å². The van der Waals surface area contributed by atoms with Crippen molar-refractivity contribution in [2.24, 2.45) is 0 Å². The molecular formula is C12H24N2O5. The molecule has 0 fully saturated rings. The van der Waals surface area contributed by atoms with Crippen LogP contribution in [0.2, 0.25) is 0 Å². The Morgan fingerprint density at radius 2 is 1.89 bits per heavy atom. The SMILES string of the molecule is CNCCOC[C@H](NC(=O)OC(C)(C)C)C(=O)OC. The molecule has 0 saturated carbocycles. The van der Waals surface area contributed by atoms with E-state index in [1.54, 1.807) is 27.8 Å². The minimum atomic E-state index is -0.878. The van der Waals surface area contributed by atoms with Crippen molar-refractivity contribution < 1.29 is 23.8 Å². The molecule has 0 spiro atoms. The van der Waals surface area contributed by atoms with Crippen molar-refractivity contribution in [3.63, 3.8) is 0 Å². The first kappa shape index (κ1) is 17.7. The lowest BCUT2D eigenvalue weighted by molar-refractivity contribution is -0.144. The number of methoxy groups -OCH3 is 1. The van der Waals surface area contributed by atoms with E-state index in [4.69, 9.17) is 9.47 Å². The largest absolute Gasteiger partial charge is 0.467 e. The molecule has 112 valence electrons. The number of alkyl carbamates (subject to hydrolysis) is 1. The molecule has 0 saturated heterocycles. The smallest absolute Gasteiger partial charge is 0.408 e. The number of esters is 1. The molecule has 7 heteroatoms. The summed E-state index contributed by atoms with van der Waals surface area (Å²) in [6.45, 7) is 6.34. The highest BCUT2D eigenvalue weighted by atomic mass is 16.6. The Morgan fingerprint density at radius 3 is 2.37 bits per heavy atom. The van der Waals surface area contributed by atoms with E-state index >= 15 is 0 Å². The van der Waals surface area contributed by atoms with Gasteiger partial charge in [-0.3, -0.25) is 0 Å². The second-order valence-electron chi connectivity index (χ2n) is 4.90. The van der Waals surface area contributed by atoms with Crippen LogP contribution in [-0.4, -0.2) is 57.6 Å². The van der Waals surface area contributed by atoms with Gasteiger partial charge in [0, 0.05) is 6.54 Å². The summed E-state index contributed by atoms with van der Waals surface area (Å²) < 4.78 is 14.9. The van der Waals surface area contributed by atoms with Crippen molar-refractivity contribution in [2.45, 2.75) is 32.4 Å². The molecular weight excluding hydrogens is 252 g/mol. The van der Waals surface area contributed by atoms with Gasteiger partial charge >= 0.3 is 12.1 Å². The molecule has 0 rings (SSSR count). The maximum Gasteiger partial charge on any atom is 0.408 e. The van der Waals surface area contributed by atoms with Gasteiger partial charge < -0.3 is 24.8 Å². The Labute approximate surface area is 114 Å². The van der Waals surface area contributed by atoms with Crippen LogP contribution in [0.5, 0.6) is 0 Å². The molecule has 19 heavy (non-hydrogen) atoms. The fourth-order valence-electron chi connectivity index (χ4n) is 1.14. The van der Waals surface area contributed by atoms with Crippen molar-refractivity contribution in [1.82, 2.24) is 10.6 Å². The third-order valence-corrected chi connectivity index (χ3v) is 1.96. The molecule has 7 nitrogen and oxygen atoms in total. The molecule has 2 N–H and O–H groups in total. The van der Waals surface area contributed by atoms with Gasteiger partial charge in [0.25, 0.3) is 0 Å². The number of rotatable bonds is 7. The molecule has 1 atom stereocenters. The average Bonchev–Trinajstić information content (AvgIpc) is 2.29. The van der Waals surface area contributed by atoms with E-state index in [2.05, 4.69) is 15.4 Å². The van der Waals surface area contributed by atoms with Crippen LogP contribution in [0, 0.1) is 0 Å². The molecule has 0 heterocycles. The van der Waals surface area contributed by atoms with Crippen molar-refractivity contribution >= 4 is 12.1 Å². The van der Waals surface area contributed by atoms with Gasteiger partial charge in [-0.05, 0) is 27.8 Å². The summed E-state index contributed by atoms with van der Waals surface area (Å²) in [5, 5.41) is 5.32. The van der Waals surface area contributed by atoms with Gasteiger partial charge in [0.1, 0.15) is 5.60 Å². The molecule has 0 aromatic carbocycles. The second kappa shape index (κ2) is 8.71. The Morgan fingerprint density at radius 1 is 1.26 bits per heavy atom. The van der Waals surface area contributed by atoms with E-state index in [1.807, 2.05) is 0 Å². The van der Waals surface area contributed by atoms with Crippen molar-refractivity contribution in [3.05, 3.63) is 0 Å². The van der Waals surface area contributed by atoms with E-state index in [-0.39, 0.29) is 6.61 Å². The van der Waals surface area contributed by atoms with Crippen molar-refractivity contribution in [3.8, 4) is 0 Å². The van der Waals surface area contributed by atoms with Gasteiger partial charge in [-0.1, -0.05) is 0 Å². The van der Waals surface area contributed by atoms with E-state index in [1.165, 1.54) is 7.11 Å². The summed E-state index contributed by atoms with van der Waals surface area (Å²) in [5.74, 6) is -0.574. The average molecular weight is 276 g/mol. The maximum absolute atomic E-state index is 11.6. The van der Waals surface area contributed by atoms with Crippen LogP contribution in [0.15, 0.2) is 0 Å². The number of carbonyl (C=O) groups is 2. The summed E-state index contributed by atoms with van der Waals surface area (Å²) in [6.07, 6.45) is -0.680. The number of amides is 1. The lowest BCUT2D eigenvalue weighted by Gasteiger charge is -2.22. The first-order valence-corrected chi connectivity index (χ1v) is 6.10. The molecule has 0 unspecified atom stereocenters. The lowest BCUT2D eigenvalue weighted by atomic mass is 10.2. The topological polar surface area (TPSA) is 85.9 Å². The van der Waals surface area contributed by atoms with Crippen LogP contribution in [-0.2, 0) is 19.0 Å². The molecule has 0 aromatic heterocycles. The summed E-state index contributed by atoms with van der Waals surface area (Å²) in [7, 11) is 3.04. The van der Waals surface area contributed by atoms with Crippen LogP contribution in [0.3, 0.4) is 0 Å². The zero-order chi connectivity index (χ0) is 14.9. The van der Waals surface area contributed by atoms with Crippen LogP contribution < -0.4 is 10.6 Å². The molecule has 1 amide bonds. The van der Waals surface area contributed by atoms with E-state index < -0.39 is 23.7 Å². The normalized spacial score (nSPS) is 12.7. The van der Waals surface area contributed by atoms with E-state index in [0.29, 0.717) is 13.2 Å². The highest BCUT2D eigenvalue weighted by molar-refractivity contribution is 5.81. The van der Waals surface area contributed by atoms with Crippen molar-refractivity contribution in [1.29, 1.82) is 0 Å². The number of hydrogen-bond donors (Lipinski definition) is 2. The summed E-state index contributed by atoms with van der Waals surface area (Å²) in [6, 6.07) is -0.878. The zero-order valence-corrected chi connectivity index (χ0v) is 12.2. The minimum absolute atomic E-state index is 0.0353. The Kier molecular flexibility index (Phi) is 8.09. The fourth-order valence-corrected chi connectivity index (χ4v) is 1.14.